The Morgan fingerprint density at radius 2 is 2.27 bits per heavy atom. The van der Waals surface area contributed by atoms with Crippen LogP contribution in [0.2, 0.25) is 0 Å². The fourth-order valence-corrected chi connectivity index (χ4v) is 2.22. The average Bonchev–Trinajstić information content (AvgIpc) is 3.11. The maximum Gasteiger partial charge on any atom is 0.119 e. The molecule has 0 bridgehead atoms. The molecule has 1 aliphatic heterocycles. The third-order valence-electron chi connectivity index (χ3n) is 3.11. The molecule has 0 amide bonds. The first-order valence-corrected chi connectivity index (χ1v) is 5.37. The van der Waals surface area contributed by atoms with Crippen molar-refractivity contribution in [3.63, 3.8) is 0 Å². The third kappa shape index (κ3) is 1.55. The monoisotopic (exact) mass is 202 g/mol. The molecule has 3 rings (SSSR count). The summed E-state index contributed by atoms with van der Waals surface area (Å²) in [5, 5.41) is 2.65. The normalized spacial score (nSPS) is 23.0. The summed E-state index contributed by atoms with van der Waals surface area (Å²) in [7, 11) is 1.71. The van der Waals surface area contributed by atoms with Crippen molar-refractivity contribution in [3.8, 4) is 5.75 Å². The summed E-state index contributed by atoms with van der Waals surface area (Å²) in [5.74, 6) is 0.933. The maximum absolute atomic E-state index is 5.39. The zero-order valence-electron chi connectivity index (χ0n) is 8.82. The van der Waals surface area contributed by atoms with Crippen molar-refractivity contribution in [2.45, 2.75) is 18.9 Å². The smallest absolute Gasteiger partial charge is 0.119 e. The Morgan fingerprint density at radius 1 is 1.40 bits per heavy atom. The number of hydrogen-bond donors (Lipinski definition) is 0. The minimum absolute atomic E-state index is 0.379. The van der Waals surface area contributed by atoms with Gasteiger partial charge in [0.15, 0.2) is 0 Å². The van der Waals surface area contributed by atoms with Crippen molar-refractivity contribution in [2.24, 2.45) is 0 Å². The second-order valence-corrected chi connectivity index (χ2v) is 4.04. The van der Waals surface area contributed by atoms with E-state index in [0.29, 0.717) is 6.10 Å². The Kier molecular flexibility index (Phi) is 2.03. The van der Waals surface area contributed by atoms with Gasteiger partial charge in [-0.1, -0.05) is 12.1 Å². The minimum atomic E-state index is 0.379. The second-order valence-electron chi connectivity index (χ2n) is 4.04. The van der Waals surface area contributed by atoms with E-state index in [1.165, 1.54) is 16.0 Å². The van der Waals surface area contributed by atoms with E-state index in [1.54, 1.807) is 7.11 Å². The molecule has 0 aromatic heterocycles. The first-order chi connectivity index (χ1) is 7.38. The molecule has 1 fully saturated rings. The standard InChI is InChI=1S/C13H14O2/c1-14-10-6-5-9-3-2-4-11(12(9)7-10)13-8-15-13/h3,5-7,13H,2,4,8H2,1H3. The number of epoxide rings is 1. The fraction of sp³-hybridized carbons (Fsp3) is 0.385. The molecule has 1 unspecified atom stereocenters. The van der Waals surface area contributed by atoms with Gasteiger partial charge in [0, 0.05) is 0 Å². The lowest BCUT2D eigenvalue weighted by atomic mass is 9.97. The van der Waals surface area contributed by atoms with Crippen molar-refractivity contribution >= 4 is 11.6 Å². The van der Waals surface area contributed by atoms with Crippen LogP contribution in [-0.2, 0) is 4.74 Å². The molecule has 2 aliphatic rings. The van der Waals surface area contributed by atoms with Gasteiger partial charge < -0.3 is 9.47 Å². The van der Waals surface area contributed by atoms with E-state index in [2.05, 4.69) is 18.2 Å². The zero-order valence-corrected chi connectivity index (χ0v) is 8.82. The van der Waals surface area contributed by atoms with Crippen LogP contribution in [0, 0.1) is 0 Å². The van der Waals surface area contributed by atoms with Crippen LogP contribution in [0.5, 0.6) is 5.75 Å². The molecule has 0 saturated carbocycles. The van der Waals surface area contributed by atoms with E-state index in [4.69, 9.17) is 9.47 Å². The van der Waals surface area contributed by atoms with E-state index in [-0.39, 0.29) is 0 Å². The van der Waals surface area contributed by atoms with Crippen LogP contribution in [0.4, 0.5) is 0 Å². The lowest BCUT2D eigenvalue weighted by Gasteiger charge is -2.09. The Bertz CT molecular complexity index is 498. The number of ether oxygens (including phenoxy) is 2. The quantitative estimate of drug-likeness (QED) is 0.662. The van der Waals surface area contributed by atoms with Gasteiger partial charge in [-0.2, -0.15) is 0 Å². The van der Waals surface area contributed by atoms with Crippen LogP contribution in [0.3, 0.4) is 0 Å². The maximum atomic E-state index is 5.39. The summed E-state index contributed by atoms with van der Waals surface area (Å²) in [6.07, 6.45) is 4.93. The topological polar surface area (TPSA) is 21.8 Å². The van der Waals surface area contributed by atoms with E-state index >= 15 is 0 Å². The molecule has 0 N–H and O–H groups in total. The van der Waals surface area contributed by atoms with Crippen molar-refractivity contribution in [3.05, 3.63) is 28.6 Å². The predicted molar refractivity (Wildman–Crippen MR) is 59.1 cm³/mol. The van der Waals surface area contributed by atoms with Gasteiger partial charge in [0.05, 0.1) is 13.7 Å². The summed E-state index contributed by atoms with van der Waals surface area (Å²) in [6.45, 7) is 0.895. The average molecular weight is 202 g/mol. The van der Waals surface area contributed by atoms with Crippen LogP contribution < -0.4 is 15.2 Å². The summed E-state index contributed by atoms with van der Waals surface area (Å²) in [4.78, 5) is 0. The minimum Gasteiger partial charge on any atom is -0.497 e. The number of fused-ring (bicyclic) bond motifs is 1. The van der Waals surface area contributed by atoms with Crippen LogP contribution >= 0.6 is 0 Å². The predicted octanol–water partition coefficient (Wildman–Crippen LogP) is 0.819. The molecule has 0 radical (unpaired) electrons. The summed E-state index contributed by atoms with van der Waals surface area (Å²) in [5.41, 5.74) is 1.45. The SMILES string of the molecule is COc1ccc2c(c1)=C(C1CO1)CCC=2. The van der Waals surface area contributed by atoms with Crippen LogP contribution in [-0.4, -0.2) is 19.8 Å². The molecule has 78 valence electrons. The molecule has 15 heavy (non-hydrogen) atoms. The molecule has 1 saturated heterocycles. The van der Waals surface area contributed by atoms with Crippen LogP contribution in [0.25, 0.3) is 11.6 Å². The van der Waals surface area contributed by atoms with Gasteiger partial charge in [0.25, 0.3) is 0 Å². The first kappa shape index (κ1) is 8.98. The van der Waals surface area contributed by atoms with Crippen molar-refractivity contribution in [1.29, 1.82) is 0 Å². The van der Waals surface area contributed by atoms with Gasteiger partial charge in [-0.15, -0.1) is 0 Å². The van der Waals surface area contributed by atoms with E-state index < -0.39 is 0 Å². The fourth-order valence-electron chi connectivity index (χ4n) is 2.22. The Balaban J connectivity index is 2.26. The van der Waals surface area contributed by atoms with E-state index in [0.717, 1.165) is 25.2 Å². The van der Waals surface area contributed by atoms with Gasteiger partial charge in [0.2, 0.25) is 0 Å². The molecular formula is C13H14O2. The van der Waals surface area contributed by atoms with Gasteiger partial charge >= 0.3 is 0 Å². The second kappa shape index (κ2) is 3.38. The highest BCUT2D eigenvalue weighted by Gasteiger charge is 2.28. The molecule has 1 aromatic rings. The highest BCUT2D eigenvalue weighted by molar-refractivity contribution is 5.57. The van der Waals surface area contributed by atoms with Crippen LogP contribution in [0.15, 0.2) is 18.2 Å². The molecule has 1 aromatic carbocycles. The lowest BCUT2D eigenvalue weighted by Crippen LogP contribution is -2.30. The molecule has 1 heterocycles. The molecule has 1 aliphatic carbocycles. The largest absolute Gasteiger partial charge is 0.497 e. The summed E-state index contributed by atoms with van der Waals surface area (Å²) < 4.78 is 10.6. The van der Waals surface area contributed by atoms with Gasteiger partial charge in [0.1, 0.15) is 11.9 Å². The molecule has 0 spiro atoms. The summed E-state index contributed by atoms with van der Waals surface area (Å²) in [6, 6.07) is 6.28. The molecule has 2 heteroatoms. The zero-order chi connectivity index (χ0) is 10.3. The van der Waals surface area contributed by atoms with Crippen molar-refractivity contribution in [2.75, 3.05) is 13.7 Å². The van der Waals surface area contributed by atoms with Crippen molar-refractivity contribution in [1.82, 2.24) is 0 Å². The van der Waals surface area contributed by atoms with Gasteiger partial charge in [-0.3, -0.25) is 0 Å². The molecule has 2 nitrogen and oxygen atoms in total. The Labute approximate surface area is 88.8 Å². The molecular weight excluding hydrogens is 188 g/mol. The Morgan fingerprint density at radius 3 is 3.00 bits per heavy atom. The van der Waals surface area contributed by atoms with Crippen molar-refractivity contribution < 1.29 is 9.47 Å². The number of hydrogen-bond acceptors (Lipinski definition) is 2. The third-order valence-corrected chi connectivity index (χ3v) is 3.11. The van der Waals surface area contributed by atoms with E-state index in [1.807, 2.05) is 6.07 Å². The van der Waals surface area contributed by atoms with Gasteiger partial charge in [-0.25, -0.2) is 0 Å². The number of rotatable bonds is 2. The number of benzene rings is 1. The van der Waals surface area contributed by atoms with Crippen LogP contribution in [0.1, 0.15) is 12.8 Å². The lowest BCUT2D eigenvalue weighted by molar-refractivity contribution is 0.414. The Hall–Kier alpha value is -1.28. The summed E-state index contributed by atoms with van der Waals surface area (Å²) >= 11 is 0. The van der Waals surface area contributed by atoms with Gasteiger partial charge in [-0.05, 0) is 41.0 Å². The highest BCUT2D eigenvalue weighted by atomic mass is 16.6. The van der Waals surface area contributed by atoms with E-state index in [9.17, 15) is 0 Å². The first-order valence-electron chi connectivity index (χ1n) is 5.37. The molecule has 1 atom stereocenters. The highest BCUT2D eigenvalue weighted by Crippen LogP contribution is 2.25. The number of methoxy groups -OCH3 is 1.